The highest BCUT2D eigenvalue weighted by Crippen LogP contribution is 2.20. The molecule has 132 valence electrons. The van der Waals surface area contributed by atoms with Crippen molar-refractivity contribution in [2.24, 2.45) is 0 Å². The highest BCUT2D eigenvalue weighted by Gasteiger charge is 2.17. The summed E-state index contributed by atoms with van der Waals surface area (Å²) in [4.78, 5) is 20.2. The van der Waals surface area contributed by atoms with Crippen molar-refractivity contribution in [3.05, 3.63) is 83.4 Å². The quantitative estimate of drug-likeness (QED) is 0.682. The van der Waals surface area contributed by atoms with E-state index in [4.69, 9.17) is 0 Å². The lowest BCUT2D eigenvalue weighted by molar-refractivity contribution is 0.102. The largest absolute Gasteiger partial charge is 0.350 e. The molecule has 0 spiro atoms. The van der Waals surface area contributed by atoms with Gasteiger partial charge < -0.3 is 10.6 Å². The van der Waals surface area contributed by atoms with Crippen molar-refractivity contribution in [1.82, 2.24) is 9.97 Å². The number of carbonyl (C=O) groups excluding carboxylic acids is 1. The van der Waals surface area contributed by atoms with Crippen molar-refractivity contribution >= 4 is 17.5 Å². The van der Waals surface area contributed by atoms with Crippen molar-refractivity contribution in [3.63, 3.8) is 0 Å². The van der Waals surface area contributed by atoms with E-state index in [0.29, 0.717) is 6.54 Å². The summed E-state index contributed by atoms with van der Waals surface area (Å²) < 4.78 is 39.8. The van der Waals surface area contributed by atoms with Crippen LogP contribution in [0.5, 0.6) is 0 Å². The fourth-order valence-corrected chi connectivity index (χ4v) is 2.16. The molecule has 0 saturated heterocycles. The second-order valence-electron chi connectivity index (χ2n) is 5.28. The molecule has 0 unspecified atom stereocenters. The van der Waals surface area contributed by atoms with Gasteiger partial charge in [-0.05, 0) is 23.8 Å². The zero-order valence-corrected chi connectivity index (χ0v) is 13.3. The van der Waals surface area contributed by atoms with Gasteiger partial charge in [0, 0.05) is 12.7 Å². The van der Waals surface area contributed by atoms with E-state index in [-0.39, 0.29) is 11.6 Å². The van der Waals surface area contributed by atoms with Crippen LogP contribution in [0.3, 0.4) is 0 Å². The molecule has 0 aliphatic carbocycles. The highest BCUT2D eigenvalue weighted by molar-refractivity contribution is 6.03. The molecule has 0 atom stereocenters. The molecule has 1 amide bonds. The van der Waals surface area contributed by atoms with E-state index in [0.717, 1.165) is 17.7 Å². The molecule has 0 radical (unpaired) electrons. The molecule has 0 saturated carbocycles. The van der Waals surface area contributed by atoms with Crippen molar-refractivity contribution in [2.75, 3.05) is 10.6 Å². The topological polar surface area (TPSA) is 66.9 Å². The Bertz CT molecular complexity index is 935. The maximum Gasteiger partial charge on any atom is 0.274 e. The van der Waals surface area contributed by atoms with E-state index in [1.807, 2.05) is 30.3 Å². The summed E-state index contributed by atoms with van der Waals surface area (Å²) in [5, 5.41) is 5.12. The number of carbonyl (C=O) groups is 1. The Morgan fingerprint density at radius 3 is 2.50 bits per heavy atom. The number of amides is 1. The minimum absolute atomic E-state index is 0.0558. The first kappa shape index (κ1) is 17.4. The Balaban J connectivity index is 1.71. The summed E-state index contributed by atoms with van der Waals surface area (Å²) in [6.45, 7) is 0.448. The van der Waals surface area contributed by atoms with Gasteiger partial charge in [-0.15, -0.1) is 0 Å². The Kier molecular flexibility index (Phi) is 5.12. The molecular formula is C18H13F3N4O. The van der Waals surface area contributed by atoms with Crippen LogP contribution in [-0.4, -0.2) is 15.9 Å². The minimum atomic E-state index is -1.66. The van der Waals surface area contributed by atoms with Crippen LogP contribution < -0.4 is 10.6 Å². The Morgan fingerprint density at radius 1 is 0.962 bits per heavy atom. The standard InChI is InChI=1S/C18H13F3N4O/c19-12-6-7-13(16(21)15(12)20)24-17(26)14-8-9-22-18(25-14)23-10-11-4-2-1-3-5-11/h1-9H,10H2,(H,24,26)(H,22,23,25). The van der Waals surface area contributed by atoms with Gasteiger partial charge in [-0.2, -0.15) is 0 Å². The number of hydrogen-bond acceptors (Lipinski definition) is 4. The average molecular weight is 358 g/mol. The average Bonchev–Trinajstić information content (AvgIpc) is 2.68. The van der Waals surface area contributed by atoms with E-state index in [1.54, 1.807) is 0 Å². The Labute approximate surface area is 146 Å². The van der Waals surface area contributed by atoms with Crippen molar-refractivity contribution < 1.29 is 18.0 Å². The van der Waals surface area contributed by atoms with Crippen LogP contribution in [-0.2, 0) is 6.54 Å². The zero-order valence-electron chi connectivity index (χ0n) is 13.3. The molecule has 0 fully saturated rings. The third-order valence-corrected chi connectivity index (χ3v) is 3.47. The van der Waals surface area contributed by atoms with E-state index < -0.39 is 29.0 Å². The van der Waals surface area contributed by atoms with Crippen LogP contribution in [0.2, 0.25) is 0 Å². The van der Waals surface area contributed by atoms with E-state index >= 15 is 0 Å². The summed E-state index contributed by atoms with van der Waals surface area (Å²) in [6, 6.07) is 12.5. The normalized spacial score (nSPS) is 10.4. The van der Waals surface area contributed by atoms with Gasteiger partial charge in [0.05, 0.1) is 5.69 Å². The SMILES string of the molecule is O=C(Nc1ccc(F)c(F)c1F)c1ccnc(NCc2ccccc2)n1. The molecule has 0 aliphatic heterocycles. The number of benzene rings is 2. The van der Waals surface area contributed by atoms with Crippen LogP contribution in [0.15, 0.2) is 54.7 Å². The number of anilines is 2. The van der Waals surface area contributed by atoms with E-state index in [9.17, 15) is 18.0 Å². The molecule has 3 rings (SSSR count). The number of halogens is 3. The summed E-state index contributed by atoms with van der Waals surface area (Å²) >= 11 is 0. The molecule has 3 aromatic rings. The van der Waals surface area contributed by atoms with Crippen LogP contribution >= 0.6 is 0 Å². The predicted octanol–water partition coefficient (Wildman–Crippen LogP) is 3.76. The third kappa shape index (κ3) is 3.97. The summed E-state index contributed by atoms with van der Waals surface area (Å²) in [7, 11) is 0. The van der Waals surface area contributed by atoms with Gasteiger partial charge in [-0.3, -0.25) is 4.79 Å². The van der Waals surface area contributed by atoms with Gasteiger partial charge >= 0.3 is 0 Å². The lowest BCUT2D eigenvalue weighted by Crippen LogP contribution is -2.16. The zero-order chi connectivity index (χ0) is 18.5. The maximum atomic E-state index is 13.7. The molecule has 0 bridgehead atoms. The smallest absolute Gasteiger partial charge is 0.274 e. The Hall–Kier alpha value is -3.42. The lowest BCUT2D eigenvalue weighted by atomic mass is 10.2. The number of nitrogens with one attached hydrogen (secondary N) is 2. The fraction of sp³-hybridized carbons (Fsp3) is 0.0556. The molecular weight excluding hydrogens is 345 g/mol. The van der Waals surface area contributed by atoms with Gasteiger partial charge in [-0.25, -0.2) is 23.1 Å². The monoisotopic (exact) mass is 358 g/mol. The van der Waals surface area contributed by atoms with Gasteiger partial charge in [0.2, 0.25) is 5.95 Å². The molecule has 2 aromatic carbocycles. The first-order valence-corrected chi connectivity index (χ1v) is 7.60. The van der Waals surface area contributed by atoms with Crippen molar-refractivity contribution in [3.8, 4) is 0 Å². The minimum Gasteiger partial charge on any atom is -0.350 e. The second kappa shape index (κ2) is 7.64. The molecule has 0 aliphatic rings. The van der Waals surface area contributed by atoms with Gasteiger partial charge in [-0.1, -0.05) is 30.3 Å². The number of nitrogens with zero attached hydrogens (tertiary/aromatic N) is 2. The molecule has 2 N–H and O–H groups in total. The molecule has 1 heterocycles. The lowest BCUT2D eigenvalue weighted by Gasteiger charge is -2.08. The second-order valence-corrected chi connectivity index (χ2v) is 5.28. The maximum absolute atomic E-state index is 13.7. The summed E-state index contributed by atoms with van der Waals surface area (Å²) in [5.41, 5.74) is 0.459. The highest BCUT2D eigenvalue weighted by atomic mass is 19.2. The van der Waals surface area contributed by atoms with Crippen LogP contribution in [0.1, 0.15) is 16.1 Å². The molecule has 26 heavy (non-hydrogen) atoms. The molecule has 1 aromatic heterocycles. The number of rotatable bonds is 5. The van der Waals surface area contributed by atoms with E-state index in [2.05, 4.69) is 20.6 Å². The summed E-state index contributed by atoms with van der Waals surface area (Å²) in [6.07, 6.45) is 1.36. The van der Waals surface area contributed by atoms with Gasteiger partial charge in [0.25, 0.3) is 5.91 Å². The van der Waals surface area contributed by atoms with Crippen LogP contribution in [0.4, 0.5) is 24.8 Å². The molecule has 5 nitrogen and oxygen atoms in total. The van der Waals surface area contributed by atoms with Crippen LogP contribution in [0.25, 0.3) is 0 Å². The first-order chi connectivity index (χ1) is 12.5. The van der Waals surface area contributed by atoms with Crippen LogP contribution in [0, 0.1) is 17.5 Å². The molecule has 8 heteroatoms. The fourth-order valence-electron chi connectivity index (χ4n) is 2.16. The van der Waals surface area contributed by atoms with Gasteiger partial charge in [0.1, 0.15) is 5.69 Å². The number of hydrogen-bond donors (Lipinski definition) is 2. The van der Waals surface area contributed by atoms with Crippen molar-refractivity contribution in [1.29, 1.82) is 0 Å². The van der Waals surface area contributed by atoms with Gasteiger partial charge in [0.15, 0.2) is 17.5 Å². The summed E-state index contributed by atoms with van der Waals surface area (Å²) in [5.74, 6) is -5.05. The van der Waals surface area contributed by atoms with E-state index in [1.165, 1.54) is 12.3 Å². The number of aromatic nitrogens is 2. The Morgan fingerprint density at radius 2 is 1.73 bits per heavy atom. The van der Waals surface area contributed by atoms with Crippen molar-refractivity contribution in [2.45, 2.75) is 6.54 Å². The first-order valence-electron chi connectivity index (χ1n) is 7.60. The predicted molar refractivity (Wildman–Crippen MR) is 90.1 cm³/mol. The third-order valence-electron chi connectivity index (χ3n) is 3.47.